The molecule has 0 amide bonds. The Balaban J connectivity index is 2.10. The third kappa shape index (κ3) is 3.43. The highest BCUT2D eigenvalue weighted by atomic mass is 16.3. The van der Waals surface area contributed by atoms with Gasteiger partial charge in [-0.15, -0.1) is 0 Å². The number of furan rings is 1. The average molecular weight is 394 g/mol. The van der Waals surface area contributed by atoms with E-state index in [0.717, 1.165) is 22.4 Å². The lowest BCUT2D eigenvalue weighted by Gasteiger charge is -2.19. The summed E-state index contributed by atoms with van der Waals surface area (Å²) in [5, 5.41) is 1.17. The Labute approximate surface area is 181 Å². The zero-order valence-electron chi connectivity index (χ0n) is 23.9. The molecule has 0 saturated heterocycles. The summed E-state index contributed by atoms with van der Waals surface area (Å²) in [5.74, 6) is 0. The smallest absolute Gasteiger partial charge is 0.227 e. The lowest BCUT2D eigenvalue weighted by Crippen LogP contribution is -2.32. The summed E-state index contributed by atoms with van der Waals surface area (Å²) in [5.41, 5.74) is 5.11. The molecule has 0 saturated carbocycles. The van der Waals surface area contributed by atoms with E-state index >= 15 is 0 Å². The zero-order valence-corrected chi connectivity index (χ0v) is 17.9. The highest BCUT2D eigenvalue weighted by Gasteiger charge is 2.24. The number of benzene rings is 1. The molecule has 0 fully saturated rings. The van der Waals surface area contributed by atoms with Crippen LogP contribution >= 0.6 is 0 Å². The second-order valence-corrected chi connectivity index (χ2v) is 9.17. The number of fused-ring (bicyclic) bond motifs is 3. The lowest BCUT2D eigenvalue weighted by atomic mass is 9.86. The molecule has 0 spiro atoms. The first-order valence-corrected chi connectivity index (χ1v) is 9.85. The maximum atomic E-state index is 8.08. The first-order valence-electron chi connectivity index (χ1n) is 12.8. The maximum absolute atomic E-state index is 8.08. The van der Waals surface area contributed by atoms with E-state index in [4.69, 9.17) is 12.6 Å². The van der Waals surface area contributed by atoms with Crippen molar-refractivity contribution in [2.75, 3.05) is 0 Å². The van der Waals surface area contributed by atoms with Crippen LogP contribution in [-0.4, -0.2) is 4.98 Å². The van der Waals surface area contributed by atoms with Crippen LogP contribution in [0.25, 0.3) is 33.3 Å². The van der Waals surface area contributed by atoms with E-state index < -0.39 is 13.7 Å². The van der Waals surface area contributed by atoms with Gasteiger partial charge in [-0.25, -0.2) is 9.55 Å². The molecule has 3 nitrogen and oxygen atoms in total. The number of rotatable bonds is 2. The molecule has 150 valence electrons. The van der Waals surface area contributed by atoms with Crippen LogP contribution < -0.4 is 4.57 Å². The van der Waals surface area contributed by atoms with Gasteiger partial charge in [-0.05, 0) is 62.1 Å². The van der Waals surface area contributed by atoms with Crippen molar-refractivity contribution in [2.24, 2.45) is 12.5 Å². The van der Waals surface area contributed by atoms with E-state index in [9.17, 15) is 0 Å². The molecule has 0 aliphatic heterocycles. The molecule has 3 heteroatoms. The monoisotopic (exact) mass is 393 g/mol. The SMILES string of the molecule is [2H]C([2H])([2H])c1c[n+](C)c(-c2c(C)ccc3c2oc2nc(C)cc(C([2H])([2H])[2H])c23)cc1CC(C)(C)C. The van der Waals surface area contributed by atoms with Gasteiger partial charge in [0.05, 0.1) is 10.9 Å². The molecule has 0 bridgehead atoms. The summed E-state index contributed by atoms with van der Waals surface area (Å²) in [4.78, 5) is 4.49. The summed E-state index contributed by atoms with van der Waals surface area (Å²) in [6.07, 6.45) is 2.27. The van der Waals surface area contributed by atoms with Crippen molar-refractivity contribution in [1.82, 2.24) is 4.98 Å². The summed E-state index contributed by atoms with van der Waals surface area (Å²) in [6, 6.07) is 7.34. The Morgan fingerprint density at radius 1 is 1.07 bits per heavy atom. The Kier molecular flexibility index (Phi) is 3.12. The standard InChI is InChI=1S/C26H31N2O/c1-15-9-10-20-22-16(2)11-18(4)27-25(22)29-24(20)23(15)21-12-19(13-26(5,6)7)17(3)14-28(21)8/h9-12,14H,13H2,1-8H3/q+1/i2D3,3D3. The normalized spacial score (nSPS) is 16.2. The van der Waals surface area contributed by atoms with Gasteiger partial charge < -0.3 is 4.42 Å². The van der Waals surface area contributed by atoms with Crippen LogP contribution in [0.5, 0.6) is 0 Å². The molecule has 4 aromatic rings. The van der Waals surface area contributed by atoms with E-state index in [0.29, 0.717) is 34.0 Å². The molecule has 4 rings (SSSR count). The van der Waals surface area contributed by atoms with Crippen LogP contribution in [0.1, 0.15) is 56.9 Å². The number of nitrogens with zero attached hydrogens (tertiary/aromatic N) is 2. The largest absolute Gasteiger partial charge is 0.437 e. The van der Waals surface area contributed by atoms with E-state index in [1.165, 1.54) is 0 Å². The van der Waals surface area contributed by atoms with Gasteiger partial charge in [0.1, 0.15) is 7.05 Å². The number of hydrogen-bond acceptors (Lipinski definition) is 2. The molecular weight excluding hydrogens is 356 g/mol. The first kappa shape index (κ1) is 13.5. The molecule has 0 aliphatic rings. The average Bonchev–Trinajstić information content (AvgIpc) is 3.03. The molecule has 0 aliphatic carbocycles. The quantitative estimate of drug-likeness (QED) is 0.374. The predicted molar refractivity (Wildman–Crippen MR) is 120 cm³/mol. The molecule has 29 heavy (non-hydrogen) atoms. The van der Waals surface area contributed by atoms with Crippen LogP contribution in [-0.2, 0) is 13.5 Å². The van der Waals surface area contributed by atoms with Gasteiger partial charge >= 0.3 is 0 Å². The van der Waals surface area contributed by atoms with Crippen molar-refractivity contribution in [3.63, 3.8) is 0 Å². The molecule has 0 unspecified atom stereocenters. The van der Waals surface area contributed by atoms with Crippen LogP contribution in [0.4, 0.5) is 0 Å². The number of hydrogen-bond donors (Lipinski definition) is 0. The van der Waals surface area contributed by atoms with Crippen molar-refractivity contribution >= 4 is 22.1 Å². The van der Waals surface area contributed by atoms with Gasteiger partial charge in [0.2, 0.25) is 11.4 Å². The van der Waals surface area contributed by atoms with Crippen molar-refractivity contribution in [1.29, 1.82) is 0 Å². The minimum atomic E-state index is -2.32. The summed E-state index contributed by atoms with van der Waals surface area (Å²) in [7, 11) is 1.82. The third-order valence-electron chi connectivity index (χ3n) is 5.28. The van der Waals surface area contributed by atoms with Crippen LogP contribution in [0, 0.1) is 33.0 Å². The van der Waals surface area contributed by atoms with Gasteiger partial charge in [-0.2, -0.15) is 0 Å². The highest BCUT2D eigenvalue weighted by molar-refractivity contribution is 6.10. The van der Waals surface area contributed by atoms with Gasteiger partial charge in [-0.3, -0.25) is 0 Å². The third-order valence-corrected chi connectivity index (χ3v) is 5.28. The number of aryl methyl sites for hydroxylation is 5. The molecule has 0 radical (unpaired) electrons. The van der Waals surface area contributed by atoms with E-state index in [1.54, 1.807) is 19.2 Å². The predicted octanol–water partition coefficient (Wildman–Crippen LogP) is 6.29. The Bertz CT molecular complexity index is 1460. The van der Waals surface area contributed by atoms with E-state index in [2.05, 4.69) is 25.8 Å². The second-order valence-electron chi connectivity index (χ2n) is 9.17. The van der Waals surface area contributed by atoms with Crippen molar-refractivity contribution in [3.05, 3.63) is 58.4 Å². The Morgan fingerprint density at radius 3 is 2.52 bits per heavy atom. The van der Waals surface area contributed by atoms with E-state index in [-0.39, 0.29) is 16.7 Å². The topological polar surface area (TPSA) is 29.9 Å². The van der Waals surface area contributed by atoms with E-state index in [1.807, 2.05) is 36.7 Å². The fourth-order valence-corrected chi connectivity index (χ4v) is 4.03. The molecule has 3 heterocycles. The van der Waals surface area contributed by atoms with Gasteiger partial charge in [0.15, 0.2) is 11.8 Å². The minimum absolute atomic E-state index is 0.117. The summed E-state index contributed by atoms with van der Waals surface area (Å²) >= 11 is 0. The zero-order chi connectivity index (χ0) is 26.1. The van der Waals surface area contributed by atoms with Crippen LogP contribution in [0.2, 0.25) is 0 Å². The van der Waals surface area contributed by atoms with Gasteiger partial charge in [-0.1, -0.05) is 32.9 Å². The lowest BCUT2D eigenvalue weighted by molar-refractivity contribution is -0.660. The summed E-state index contributed by atoms with van der Waals surface area (Å²) < 4.78 is 56.5. The first-order chi connectivity index (χ1) is 16.0. The van der Waals surface area contributed by atoms with Gasteiger partial charge in [0, 0.05) is 30.9 Å². The van der Waals surface area contributed by atoms with Crippen molar-refractivity contribution < 1.29 is 17.2 Å². The fraction of sp³-hybridized carbons (Fsp3) is 0.385. The van der Waals surface area contributed by atoms with Crippen molar-refractivity contribution in [3.8, 4) is 11.3 Å². The molecule has 0 atom stereocenters. The highest BCUT2D eigenvalue weighted by Crippen LogP contribution is 2.38. The molecular formula is C26H31N2O+. The van der Waals surface area contributed by atoms with Crippen LogP contribution in [0.15, 0.2) is 34.9 Å². The summed E-state index contributed by atoms with van der Waals surface area (Å²) in [6.45, 7) is 5.40. The van der Waals surface area contributed by atoms with Gasteiger partial charge in [0.25, 0.3) is 0 Å². The second kappa shape index (κ2) is 6.69. The maximum Gasteiger partial charge on any atom is 0.227 e. The molecule has 0 N–H and O–H groups in total. The van der Waals surface area contributed by atoms with Crippen LogP contribution in [0.3, 0.4) is 0 Å². The number of pyridine rings is 2. The minimum Gasteiger partial charge on any atom is -0.437 e. The Morgan fingerprint density at radius 2 is 1.83 bits per heavy atom. The molecule has 1 aromatic carbocycles. The number of aromatic nitrogens is 2. The van der Waals surface area contributed by atoms with Crippen molar-refractivity contribution in [2.45, 2.75) is 54.7 Å². The fourth-order valence-electron chi connectivity index (χ4n) is 4.03. The Hall–Kier alpha value is -2.68. The molecule has 3 aromatic heterocycles.